The van der Waals surface area contributed by atoms with E-state index >= 15 is 0 Å². The molecule has 5 atom stereocenters. The van der Waals surface area contributed by atoms with Gasteiger partial charge in [0.05, 0.1) is 39.7 Å². The number of fused-ring (bicyclic) bond motifs is 1. The Morgan fingerprint density at radius 3 is 2.44 bits per heavy atom. The molecule has 0 amide bonds. The number of anilines is 2. The maximum absolute atomic E-state index is 10.7. The number of para-hydroxylation sites is 1. The van der Waals surface area contributed by atoms with Crippen molar-refractivity contribution in [1.82, 2.24) is 15.0 Å². The number of hydrogen-bond donors (Lipinski definition) is 5. The van der Waals surface area contributed by atoms with Crippen LogP contribution >= 0.6 is 11.3 Å². The van der Waals surface area contributed by atoms with Crippen LogP contribution in [-0.2, 0) is 0 Å². The largest absolute Gasteiger partial charge is 0.396 e. The van der Waals surface area contributed by atoms with Crippen LogP contribution in [0.25, 0.3) is 20.8 Å². The Balaban J connectivity index is 1.53. The van der Waals surface area contributed by atoms with Crippen molar-refractivity contribution in [3.8, 4) is 10.6 Å². The summed E-state index contributed by atoms with van der Waals surface area (Å²) in [6.07, 6.45) is -1.60. The average molecular weight is 506 g/mol. The number of hydrogen-bond acceptors (Lipinski definition) is 9. The Labute approximate surface area is 214 Å². The standard InChI is InChI=1S/C27H31N5O3S/c1-14-8-10-17(11-9-14)15(2)28-27-29-16(3)22(26-31-19-6-4-5-7-21(19)36-26)25(32-27)30-20-12-18(13-33)23(34)24(20)35/h4-11,15,18,20,23-24,33-35H,12-13H2,1-3H3,(H2,28,29,30,32)/t15?,18-,20-,23-,24+/m1/s1. The van der Waals surface area contributed by atoms with Crippen LogP contribution in [-0.4, -0.2) is 55.1 Å². The molecular formula is C27H31N5O3S. The fourth-order valence-electron chi connectivity index (χ4n) is 4.73. The lowest BCUT2D eigenvalue weighted by molar-refractivity contribution is 0.00446. The zero-order chi connectivity index (χ0) is 25.4. The SMILES string of the molecule is Cc1ccc(C(C)Nc2nc(C)c(-c3nc4ccccc4s3)c(N[C@@H]3C[C@H](CO)[C@@H](O)[C@H]3O)n2)cc1. The van der Waals surface area contributed by atoms with Crippen molar-refractivity contribution in [2.24, 2.45) is 5.92 Å². The normalized spacial score (nSPS) is 22.6. The van der Waals surface area contributed by atoms with Gasteiger partial charge in [0.1, 0.15) is 16.9 Å². The Morgan fingerprint density at radius 1 is 1.00 bits per heavy atom. The summed E-state index contributed by atoms with van der Waals surface area (Å²) in [5.74, 6) is 0.597. The first-order valence-corrected chi connectivity index (χ1v) is 13.0. The number of aliphatic hydroxyl groups excluding tert-OH is 3. The van der Waals surface area contributed by atoms with Gasteiger partial charge in [0.15, 0.2) is 0 Å². The molecule has 2 aromatic carbocycles. The molecule has 0 bridgehead atoms. The van der Waals surface area contributed by atoms with E-state index in [0.29, 0.717) is 18.2 Å². The van der Waals surface area contributed by atoms with Gasteiger partial charge in [-0.1, -0.05) is 42.0 Å². The van der Waals surface area contributed by atoms with Crippen molar-refractivity contribution in [3.05, 3.63) is 65.4 Å². The second-order valence-corrected chi connectivity index (χ2v) is 10.6. The van der Waals surface area contributed by atoms with E-state index < -0.39 is 24.2 Å². The molecule has 188 valence electrons. The van der Waals surface area contributed by atoms with Crippen molar-refractivity contribution < 1.29 is 15.3 Å². The zero-order valence-electron chi connectivity index (χ0n) is 20.5. The summed E-state index contributed by atoms with van der Waals surface area (Å²) in [7, 11) is 0. The molecule has 9 heteroatoms. The third kappa shape index (κ3) is 4.79. The second-order valence-electron chi connectivity index (χ2n) is 9.53. The van der Waals surface area contributed by atoms with Crippen molar-refractivity contribution in [2.75, 3.05) is 17.2 Å². The topological polar surface area (TPSA) is 123 Å². The van der Waals surface area contributed by atoms with Gasteiger partial charge in [-0.15, -0.1) is 11.3 Å². The summed E-state index contributed by atoms with van der Waals surface area (Å²) < 4.78 is 1.06. The molecule has 1 unspecified atom stereocenters. The predicted molar refractivity (Wildman–Crippen MR) is 143 cm³/mol. The molecular weight excluding hydrogens is 474 g/mol. The maximum Gasteiger partial charge on any atom is 0.225 e. The molecule has 36 heavy (non-hydrogen) atoms. The summed E-state index contributed by atoms with van der Waals surface area (Å²) in [6.45, 7) is 5.85. The predicted octanol–water partition coefficient (Wildman–Crippen LogP) is 4.06. The summed E-state index contributed by atoms with van der Waals surface area (Å²) in [5, 5.41) is 38.2. The fourth-order valence-corrected chi connectivity index (χ4v) is 5.80. The van der Waals surface area contributed by atoms with Crippen LogP contribution in [0.15, 0.2) is 48.5 Å². The number of nitrogens with one attached hydrogen (secondary N) is 2. The van der Waals surface area contributed by atoms with E-state index in [4.69, 9.17) is 15.0 Å². The van der Waals surface area contributed by atoms with Crippen LogP contribution < -0.4 is 10.6 Å². The lowest BCUT2D eigenvalue weighted by Gasteiger charge is -2.22. The minimum atomic E-state index is -1.02. The lowest BCUT2D eigenvalue weighted by atomic mass is 10.1. The van der Waals surface area contributed by atoms with E-state index in [1.165, 1.54) is 5.56 Å². The number of rotatable bonds is 7. The summed E-state index contributed by atoms with van der Waals surface area (Å²) in [6, 6.07) is 15.8. The molecule has 1 aliphatic rings. The third-order valence-electron chi connectivity index (χ3n) is 6.88. The highest BCUT2D eigenvalue weighted by atomic mass is 32.1. The molecule has 5 rings (SSSR count). The van der Waals surface area contributed by atoms with Crippen molar-refractivity contribution >= 4 is 33.3 Å². The minimum Gasteiger partial charge on any atom is -0.396 e. The molecule has 2 heterocycles. The number of benzene rings is 2. The molecule has 5 N–H and O–H groups in total. The quantitative estimate of drug-likeness (QED) is 0.255. The van der Waals surface area contributed by atoms with E-state index in [9.17, 15) is 15.3 Å². The average Bonchev–Trinajstić information content (AvgIpc) is 3.40. The van der Waals surface area contributed by atoms with Crippen LogP contribution in [0, 0.1) is 19.8 Å². The Hall–Kier alpha value is -3.11. The van der Waals surface area contributed by atoms with Gasteiger partial charge in [0, 0.05) is 12.5 Å². The summed E-state index contributed by atoms with van der Waals surface area (Å²) in [4.78, 5) is 14.4. The molecule has 1 saturated carbocycles. The van der Waals surface area contributed by atoms with Crippen LogP contribution in [0.3, 0.4) is 0 Å². The number of nitrogens with zero attached hydrogens (tertiary/aromatic N) is 3. The van der Waals surface area contributed by atoms with E-state index in [2.05, 4.69) is 48.7 Å². The number of aliphatic hydroxyl groups is 3. The van der Waals surface area contributed by atoms with Crippen LogP contribution in [0.1, 0.15) is 36.2 Å². The van der Waals surface area contributed by atoms with Crippen molar-refractivity contribution in [3.63, 3.8) is 0 Å². The number of aryl methyl sites for hydroxylation is 2. The third-order valence-corrected chi connectivity index (χ3v) is 7.93. The van der Waals surface area contributed by atoms with Crippen LogP contribution in [0.5, 0.6) is 0 Å². The molecule has 8 nitrogen and oxygen atoms in total. The van der Waals surface area contributed by atoms with Gasteiger partial charge in [-0.05, 0) is 44.9 Å². The molecule has 0 saturated heterocycles. The van der Waals surface area contributed by atoms with Gasteiger partial charge >= 0.3 is 0 Å². The first-order chi connectivity index (χ1) is 17.3. The highest BCUT2D eigenvalue weighted by Gasteiger charge is 2.41. The lowest BCUT2D eigenvalue weighted by Crippen LogP contribution is -2.35. The van der Waals surface area contributed by atoms with Gasteiger partial charge in [-0.3, -0.25) is 0 Å². The smallest absolute Gasteiger partial charge is 0.225 e. The Morgan fingerprint density at radius 2 is 1.75 bits per heavy atom. The first kappa shape index (κ1) is 24.6. The number of aromatic nitrogens is 3. The summed E-state index contributed by atoms with van der Waals surface area (Å²) >= 11 is 1.56. The summed E-state index contributed by atoms with van der Waals surface area (Å²) in [5.41, 5.74) is 4.72. The van der Waals surface area contributed by atoms with Crippen molar-refractivity contribution in [1.29, 1.82) is 0 Å². The second kappa shape index (κ2) is 10.1. The van der Waals surface area contributed by atoms with E-state index in [1.54, 1.807) is 11.3 Å². The highest BCUT2D eigenvalue weighted by molar-refractivity contribution is 7.21. The minimum absolute atomic E-state index is 0.0242. The number of thiazole rings is 1. The van der Waals surface area contributed by atoms with Gasteiger partial charge in [-0.2, -0.15) is 4.98 Å². The Kier molecular flexibility index (Phi) is 6.90. The van der Waals surface area contributed by atoms with E-state index in [1.807, 2.05) is 31.2 Å². The zero-order valence-corrected chi connectivity index (χ0v) is 21.3. The highest BCUT2D eigenvalue weighted by Crippen LogP contribution is 2.38. The molecule has 4 aromatic rings. The molecule has 1 fully saturated rings. The monoisotopic (exact) mass is 505 g/mol. The molecule has 0 radical (unpaired) electrons. The molecule has 0 aliphatic heterocycles. The molecule has 1 aliphatic carbocycles. The first-order valence-electron chi connectivity index (χ1n) is 12.1. The van der Waals surface area contributed by atoms with E-state index in [-0.39, 0.29) is 12.6 Å². The van der Waals surface area contributed by atoms with E-state index in [0.717, 1.165) is 32.0 Å². The van der Waals surface area contributed by atoms with Gasteiger partial charge < -0.3 is 26.0 Å². The van der Waals surface area contributed by atoms with Crippen LogP contribution in [0.4, 0.5) is 11.8 Å². The van der Waals surface area contributed by atoms with Crippen molar-refractivity contribution in [2.45, 2.75) is 51.5 Å². The Bertz CT molecular complexity index is 1330. The van der Waals surface area contributed by atoms with Gasteiger partial charge in [0.25, 0.3) is 0 Å². The molecule has 0 spiro atoms. The van der Waals surface area contributed by atoms with Crippen LogP contribution in [0.2, 0.25) is 0 Å². The van der Waals surface area contributed by atoms with Gasteiger partial charge in [0.2, 0.25) is 5.95 Å². The van der Waals surface area contributed by atoms with Gasteiger partial charge in [-0.25, -0.2) is 9.97 Å². The molecule has 2 aromatic heterocycles. The maximum atomic E-state index is 10.7. The fraction of sp³-hybridized carbons (Fsp3) is 0.370.